The lowest BCUT2D eigenvalue weighted by molar-refractivity contribution is 0.772. The molecule has 3 heterocycles. The van der Waals surface area contributed by atoms with Gasteiger partial charge in [-0.2, -0.15) is 4.37 Å². The van der Waals surface area contributed by atoms with Crippen LogP contribution in [0.3, 0.4) is 0 Å². The zero-order valence-electron chi connectivity index (χ0n) is 10.4. The number of aromatic nitrogens is 3. The van der Waals surface area contributed by atoms with E-state index in [9.17, 15) is 0 Å². The summed E-state index contributed by atoms with van der Waals surface area (Å²) in [5, 5.41) is 1.07. The van der Waals surface area contributed by atoms with Gasteiger partial charge in [0, 0.05) is 49.4 Å². The van der Waals surface area contributed by atoms with Crippen LogP contribution in [0.15, 0.2) is 24.5 Å². The van der Waals surface area contributed by atoms with E-state index in [1.54, 1.807) is 0 Å². The second-order valence-electron chi connectivity index (χ2n) is 4.56. The Hall–Kier alpha value is -1.49. The average Bonchev–Trinajstić information content (AvgIpc) is 3.08. The highest BCUT2D eigenvalue weighted by atomic mass is 32.1. The van der Waals surface area contributed by atoms with Gasteiger partial charge >= 0.3 is 0 Å². The normalized spacial score (nSPS) is 19.4. The van der Waals surface area contributed by atoms with Crippen LogP contribution in [0.2, 0.25) is 0 Å². The molecular formula is C13H16N4S. The largest absolute Gasteiger partial charge is 0.346 e. The predicted molar refractivity (Wildman–Crippen MR) is 73.1 cm³/mol. The minimum atomic E-state index is 0.599. The highest BCUT2D eigenvalue weighted by molar-refractivity contribution is 7.09. The van der Waals surface area contributed by atoms with Gasteiger partial charge in [-0.3, -0.25) is 4.98 Å². The molecular weight excluding hydrogens is 244 g/mol. The molecule has 0 bridgehead atoms. The van der Waals surface area contributed by atoms with Crippen LogP contribution in [0.25, 0.3) is 0 Å². The predicted octanol–water partition coefficient (Wildman–Crippen LogP) is 2.49. The number of nitrogens with zero attached hydrogens (tertiary/aromatic N) is 4. The summed E-state index contributed by atoms with van der Waals surface area (Å²) in [6, 6.07) is 4.23. The van der Waals surface area contributed by atoms with Crippen molar-refractivity contribution < 1.29 is 0 Å². The molecule has 0 radical (unpaired) electrons. The Balaban J connectivity index is 1.72. The summed E-state index contributed by atoms with van der Waals surface area (Å²) in [5.41, 5.74) is 1.38. The third kappa shape index (κ3) is 2.22. The second kappa shape index (κ2) is 5.02. The molecule has 0 spiro atoms. The third-order valence-electron chi connectivity index (χ3n) is 3.41. The minimum absolute atomic E-state index is 0.599. The van der Waals surface area contributed by atoms with E-state index >= 15 is 0 Å². The van der Waals surface area contributed by atoms with Crippen molar-refractivity contribution in [2.24, 2.45) is 0 Å². The van der Waals surface area contributed by atoms with E-state index < -0.39 is 0 Å². The molecule has 0 aliphatic carbocycles. The average molecular weight is 260 g/mol. The lowest BCUT2D eigenvalue weighted by Gasteiger charge is -2.14. The Labute approximate surface area is 111 Å². The van der Waals surface area contributed by atoms with Gasteiger partial charge in [-0.05, 0) is 24.1 Å². The van der Waals surface area contributed by atoms with Crippen molar-refractivity contribution in [3.05, 3.63) is 35.9 Å². The van der Waals surface area contributed by atoms with Crippen molar-refractivity contribution in [2.75, 3.05) is 18.0 Å². The molecule has 0 aromatic carbocycles. The molecule has 0 amide bonds. The first-order chi connectivity index (χ1) is 8.86. The minimum Gasteiger partial charge on any atom is -0.346 e. The van der Waals surface area contributed by atoms with Crippen LogP contribution in [0.5, 0.6) is 0 Å². The Morgan fingerprint density at radius 3 is 2.94 bits per heavy atom. The lowest BCUT2D eigenvalue weighted by atomic mass is 10.0. The van der Waals surface area contributed by atoms with Crippen molar-refractivity contribution in [2.45, 2.75) is 25.7 Å². The third-order valence-corrected chi connectivity index (χ3v) is 4.22. The fourth-order valence-corrected chi connectivity index (χ4v) is 3.14. The maximum Gasteiger partial charge on any atom is 0.205 e. The van der Waals surface area contributed by atoms with E-state index in [0.29, 0.717) is 5.92 Å². The van der Waals surface area contributed by atoms with E-state index in [4.69, 9.17) is 0 Å². The van der Waals surface area contributed by atoms with E-state index in [2.05, 4.69) is 38.3 Å². The molecule has 0 saturated carbocycles. The van der Waals surface area contributed by atoms with Gasteiger partial charge in [0.25, 0.3) is 0 Å². The molecule has 0 N–H and O–H groups in total. The van der Waals surface area contributed by atoms with Crippen LogP contribution in [-0.2, 0) is 6.42 Å². The summed E-state index contributed by atoms with van der Waals surface area (Å²) in [6.07, 6.45) is 5.85. The first kappa shape index (κ1) is 11.6. The van der Waals surface area contributed by atoms with Gasteiger partial charge < -0.3 is 4.90 Å². The second-order valence-corrected chi connectivity index (χ2v) is 5.29. The molecule has 1 fully saturated rings. The molecule has 3 rings (SSSR count). The maximum atomic E-state index is 4.56. The highest BCUT2D eigenvalue weighted by Crippen LogP contribution is 2.31. The van der Waals surface area contributed by atoms with Gasteiger partial charge in [0.2, 0.25) is 5.13 Å². The summed E-state index contributed by atoms with van der Waals surface area (Å²) >= 11 is 1.52. The Kier molecular flexibility index (Phi) is 3.23. The molecule has 18 heavy (non-hydrogen) atoms. The molecule has 5 heteroatoms. The van der Waals surface area contributed by atoms with Gasteiger partial charge in [0.1, 0.15) is 5.82 Å². The summed E-state index contributed by atoms with van der Waals surface area (Å²) in [5.74, 6) is 1.56. The summed E-state index contributed by atoms with van der Waals surface area (Å²) in [7, 11) is 0. The molecule has 2 aromatic heterocycles. The van der Waals surface area contributed by atoms with Gasteiger partial charge in [0.05, 0.1) is 0 Å². The van der Waals surface area contributed by atoms with Crippen LogP contribution in [0, 0.1) is 0 Å². The van der Waals surface area contributed by atoms with Crippen LogP contribution in [0.1, 0.15) is 30.7 Å². The van der Waals surface area contributed by atoms with Crippen LogP contribution < -0.4 is 4.90 Å². The molecule has 1 saturated heterocycles. The lowest BCUT2D eigenvalue weighted by Crippen LogP contribution is -2.18. The fourth-order valence-electron chi connectivity index (χ4n) is 2.36. The summed E-state index contributed by atoms with van der Waals surface area (Å²) in [6.45, 7) is 4.21. The monoisotopic (exact) mass is 260 g/mol. The first-order valence-corrected chi connectivity index (χ1v) is 7.11. The van der Waals surface area contributed by atoms with Gasteiger partial charge in [-0.25, -0.2) is 4.98 Å². The van der Waals surface area contributed by atoms with Gasteiger partial charge in [-0.15, -0.1) is 0 Å². The van der Waals surface area contributed by atoms with Crippen molar-refractivity contribution in [3.8, 4) is 0 Å². The molecule has 1 aliphatic rings. The molecule has 4 nitrogen and oxygen atoms in total. The van der Waals surface area contributed by atoms with E-state index in [0.717, 1.165) is 30.5 Å². The molecule has 94 valence electrons. The number of pyridine rings is 1. The zero-order chi connectivity index (χ0) is 12.4. The molecule has 1 aliphatic heterocycles. The van der Waals surface area contributed by atoms with Crippen molar-refractivity contribution in [1.82, 2.24) is 14.3 Å². The van der Waals surface area contributed by atoms with E-state index in [-0.39, 0.29) is 0 Å². The first-order valence-electron chi connectivity index (χ1n) is 6.34. The van der Waals surface area contributed by atoms with Crippen molar-refractivity contribution >= 4 is 16.7 Å². The van der Waals surface area contributed by atoms with Crippen LogP contribution in [0.4, 0.5) is 5.13 Å². The number of hydrogen-bond acceptors (Lipinski definition) is 5. The maximum absolute atomic E-state index is 4.56. The highest BCUT2D eigenvalue weighted by Gasteiger charge is 2.25. The van der Waals surface area contributed by atoms with Gasteiger partial charge in [-0.1, -0.05) is 6.92 Å². The van der Waals surface area contributed by atoms with Crippen molar-refractivity contribution in [1.29, 1.82) is 0 Å². The Morgan fingerprint density at radius 1 is 1.39 bits per heavy atom. The number of aryl methyl sites for hydroxylation is 1. The summed E-state index contributed by atoms with van der Waals surface area (Å²) in [4.78, 5) is 11.0. The Morgan fingerprint density at radius 2 is 2.22 bits per heavy atom. The van der Waals surface area contributed by atoms with E-state index in [1.165, 1.54) is 23.5 Å². The topological polar surface area (TPSA) is 41.9 Å². The fraction of sp³-hybridized carbons (Fsp3) is 0.462. The molecule has 2 aromatic rings. The molecule has 1 atom stereocenters. The quantitative estimate of drug-likeness (QED) is 0.850. The van der Waals surface area contributed by atoms with Crippen LogP contribution >= 0.6 is 11.5 Å². The standard InChI is InChI=1S/C13H16N4S/c1-2-12-15-13(18-16-12)17-8-5-11(9-17)10-3-6-14-7-4-10/h3-4,6-7,11H,2,5,8-9H2,1H3. The van der Waals surface area contributed by atoms with E-state index in [1.807, 2.05) is 12.4 Å². The zero-order valence-corrected chi connectivity index (χ0v) is 11.2. The number of hydrogen-bond donors (Lipinski definition) is 0. The number of rotatable bonds is 3. The summed E-state index contributed by atoms with van der Waals surface area (Å²) < 4.78 is 4.36. The van der Waals surface area contributed by atoms with Gasteiger partial charge in [0.15, 0.2) is 0 Å². The number of anilines is 1. The van der Waals surface area contributed by atoms with Crippen molar-refractivity contribution in [3.63, 3.8) is 0 Å². The SMILES string of the molecule is CCc1nsc(N2CCC(c3ccncc3)C2)n1. The van der Waals surface area contributed by atoms with Crippen LogP contribution in [-0.4, -0.2) is 27.4 Å². The molecule has 1 unspecified atom stereocenters. The Bertz CT molecular complexity index is 511. The smallest absolute Gasteiger partial charge is 0.205 e.